The van der Waals surface area contributed by atoms with Gasteiger partial charge in [-0.3, -0.25) is 9.59 Å². The topological polar surface area (TPSA) is 69.6 Å². The van der Waals surface area contributed by atoms with Crippen molar-refractivity contribution in [2.45, 2.75) is 51.6 Å². The van der Waals surface area contributed by atoms with E-state index in [2.05, 4.69) is 5.32 Å². The maximum absolute atomic E-state index is 12.7. The number of amides is 1. The summed E-state index contributed by atoms with van der Waals surface area (Å²) in [6, 6.07) is 0.831. The van der Waals surface area contributed by atoms with Crippen LogP contribution in [0.5, 0.6) is 0 Å². The van der Waals surface area contributed by atoms with Gasteiger partial charge in [-0.15, -0.1) is 0 Å². The van der Waals surface area contributed by atoms with Crippen LogP contribution in [0, 0.1) is 17.3 Å². The summed E-state index contributed by atoms with van der Waals surface area (Å²) in [5.41, 5.74) is -0.749. The van der Waals surface area contributed by atoms with E-state index in [1.165, 1.54) is 6.42 Å². The molecule has 3 saturated heterocycles. The molecule has 0 radical (unpaired) electrons. The SMILES string of the molecule is CC(C)C1(C(=O)O)CCN(C(=O)C2CC3CCC2N3)C1. The number of hydrogen-bond acceptors (Lipinski definition) is 3. The maximum atomic E-state index is 12.7. The minimum absolute atomic E-state index is 0.0518. The summed E-state index contributed by atoms with van der Waals surface area (Å²) in [6.45, 7) is 4.87. The van der Waals surface area contributed by atoms with E-state index in [9.17, 15) is 14.7 Å². The van der Waals surface area contributed by atoms with E-state index >= 15 is 0 Å². The Morgan fingerprint density at radius 1 is 1.35 bits per heavy atom. The molecule has 1 amide bonds. The molecular formula is C15H24N2O3. The predicted octanol–water partition coefficient (Wildman–Crippen LogP) is 1.09. The van der Waals surface area contributed by atoms with Crippen LogP contribution >= 0.6 is 0 Å². The Balaban J connectivity index is 1.70. The van der Waals surface area contributed by atoms with Gasteiger partial charge >= 0.3 is 5.97 Å². The third kappa shape index (κ3) is 1.94. The lowest BCUT2D eigenvalue weighted by atomic mass is 9.76. The largest absolute Gasteiger partial charge is 0.481 e. The summed E-state index contributed by atoms with van der Waals surface area (Å²) >= 11 is 0. The van der Waals surface area contributed by atoms with Gasteiger partial charge in [0.2, 0.25) is 5.91 Å². The van der Waals surface area contributed by atoms with Crippen molar-refractivity contribution >= 4 is 11.9 Å². The quantitative estimate of drug-likeness (QED) is 0.812. The van der Waals surface area contributed by atoms with Crippen molar-refractivity contribution < 1.29 is 14.7 Å². The van der Waals surface area contributed by atoms with Gasteiger partial charge < -0.3 is 15.3 Å². The van der Waals surface area contributed by atoms with Gasteiger partial charge in [0.25, 0.3) is 0 Å². The average molecular weight is 280 g/mol. The molecule has 2 N–H and O–H groups in total. The molecule has 0 spiro atoms. The van der Waals surface area contributed by atoms with E-state index in [1.54, 1.807) is 4.90 Å². The molecule has 5 nitrogen and oxygen atoms in total. The van der Waals surface area contributed by atoms with Crippen molar-refractivity contribution in [3.8, 4) is 0 Å². The maximum Gasteiger partial charge on any atom is 0.311 e. The first-order valence-electron chi connectivity index (χ1n) is 7.72. The van der Waals surface area contributed by atoms with Crippen molar-refractivity contribution in [1.82, 2.24) is 10.2 Å². The second-order valence-electron chi connectivity index (χ2n) is 7.02. The van der Waals surface area contributed by atoms with Gasteiger partial charge in [-0.25, -0.2) is 0 Å². The van der Waals surface area contributed by atoms with Gasteiger partial charge in [0.05, 0.1) is 11.3 Å². The molecule has 0 aromatic heterocycles. The highest BCUT2D eigenvalue weighted by atomic mass is 16.4. The first-order valence-corrected chi connectivity index (χ1v) is 7.72. The summed E-state index contributed by atoms with van der Waals surface area (Å²) in [5, 5.41) is 13.0. The fourth-order valence-corrected chi connectivity index (χ4v) is 4.25. The Bertz CT molecular complexity index is 437. The van der Waals surface area contributed by atoms with Crippen molar-refractivity contribution in [2.24, 2.45) is 17.3 Å². The molecule has 4 unspecified atom stereocenters. The molecule has 3 fully saturated rings. The molecular weight excluding hydrogens is 256 g/mol. The molecule has 2 bridgehead atoms. The van der Waals surface area contributed by atoms with Crippen LogP contribution in [0.3, 0.4) is 0 Å². The number of aliphatic carboxylic acids is 1. The highest BCUT2D eigenvalue weighted by molar-refractivity contribution is 5.83. The van der Waals surface area contributed by atoms with Crippen molar-refractivity contribution in [2.75, 3.05) is 13.1 Å². The van der Waals surface area contributed by atoms with E-state index < -0.39 is 11.4 Å². The van der Waals surface area contributed by atoms with E-state index in [4.69, 9.17) is 0 Å². The zero-order chi connectivity index (χ0) is 14.5. The number of carbonyl (C=O) groups is 2. The summed E-state index contributed by atoms with van der Waals surface area (Å²) in [7, 11) is 0. The molecule has 0 aromatic carbocycles. The summed E-state index contributed by atoms with van der Waals surface area (Å²) in [6.07, 6.45) is 3.78. The van der Waals surface area contributed by atoms with Crippen molar-refractivity contribution in [1.29, 1.82) is 0 Å². The number of rotatable bonds is 3. The summed E-state index contributed by atoms with van der Waals surface area (Å²) in [4.78, 5) is 26.1. The Morgan fingerprint density at radius 3 is 2.55 bits per heavy atom. The standard InChI is InChI=1S/C15H24N2O3/c1-9(2)15(14(19)20)5-6-17(8-15)13(18)11-7-10-3-4-12(11)16-10/h9-12,16H,3-8H2,1-2H3,(H,19,20). The van der Waals surface area contributed by atoms with Crippen LogP contribution in [0.2, 0.25) is 0 Å². The number of nitrogens with zero attached hydrogens (tertiary/aromatic N) is 1. The van der Waals surface area contributed by atoms with E-state index in [1.807, 2.05) is 13.8 Å². The third-order valence-corrected chi connectivity index (χ3v) is 5.76. The Morgan fingerprint density at radius 2 is 2.10 bits per heavy atom. The molecule has 3 rings (SSSR count). The molecule has 3 heterocycles. The highest BCUT2D eigenvalue weighted by Gasteiger charge is 2.51. The normalized spacial score (nSPS) is 39.8. The first kappa shape index (κ1) is 13.9. The molecule has 20 heavy (non-hydrogen) atoms. The highest BCUT2D eigenvalue weighted by Crippen LogP contribution is 2.41. The Kier molecular flexibility index (Phi) is 3.27. The lowest BCUT2D eigenvalue weighted by Crippen LogP contribution is -2.44. The molecule has 0 saturated carbocycles. The second-order valence-corrected chi connectivity index (χ2v) is 7.02. The average Bonchev–Trinajstić information content (AvgIpc) is 3.12. The molecule has 3 aliphatic rings. The van der Waals surface area contributed by atoms with Crippen LogP contribution in [0.1, 0.15) is 39.5 Å². The summed E-state index contributed by atoms with van der Waals surface area (Å²) in [5.74, 6) is -0.455. The van der Waals surface area contributed by atoms with Crippen LogP contribution in [-0.2, 0) is 9.59 Å². The second kappa shape index (κ2) is 4.72. The lowest BCUT2D eigenvalue weighted by Gasteiger charge is -2.30. The fourth-order valence-electron chi connectivity index (χ4n) is 4.25. The third-order valence-electron chi connectivity index (χ3n) is 5.76. The molecule has 5 heteroatoms. The van der Waals surface area contributed by atoms with Crippen LogP contribution in [0.25, 0.3) is 0 Å². The van der Waals surface area contributed by atoms with Gasteiger partial charge in [-0.1, -0.05) is 13.8 Å². The van der Waals surface area contributed by atoms with Gasteiger partial charge in [-0.05, 0) is 31.6 Å². The number of nitrogens with one attached hydrogen (secondary N) is 1. The zero-order valence-corrected chi connectivity index (χ0v) is 12.3. The van der Waals surface area contributed by atoms with E-state index in [0.717, 1.165) is 12.8 Å². The van der Waals surface area contributed by atoms with Crippen molar-refractivity contribution in [3.63, 3.8) is 0 Å². The number of hydrogen-bond donors (Lipinski definition) is 2. The first-order chi connectivity index (χ1) is 9.44. The van der Waals surface area contributed by atoms with Gasteiger partial charge in [0.15, 0.2) is 0 Å². The zero-order valence-electron chi connectivity index (χ0n) is 12.3. The smallest absolute Gasteiger partial charge is 0.311 e. The molecule has 0 aliphatic carbocycles. The lowest BCUT2D eigenvalue weighted by molar-refractivity contribution is -0.151. The van der Waals surface area contributed by atoms with Crippen molar-refractivity contribution in [3.05, 3.63) is 0 Å². The monoisotopic (exact) mass is 280 g/mol. The summed E-state index contributed by atoms with van der Waals surface area (Å²) < 4.78 is 0. The van der Waals surface area contributed by atoms with Crippen LogP contribution in [0.15, 0.2) is 0 Å². The van der Waals surface area contributed by atoms with Gasteiger partial charge in [0.1, 0.15) is 0 Å². The van der Waals surface area contributed by atoms with E-state index in [-0.39, 0.29) is 17.7 Å². The number of carbonyl (C=O) groups excluding carboxylic acids is 1. The van der Waals surface area contributed by atoms with Gasteiger partial charge in [0, 0.05) is 25.2 Å². The molecule has 4 atom stereocenters. The van der Waals surface area contributed by atoms with Gasteiger partial charge in [-0.2, -0.15) is 0 Å². The predicted molar refractivity (Wildman–Crippen MR) is 74.2 cm³/mol. The number of fused-ring (bicyclic) bond motifs is 2. The number of carboxylic acids is 1. The minimum Gasteiger partial charge on any atom is -0.481 e. The molecule has 3 aliphatic heterocycles. The molecule has 112 valence electrons. The Labute approximate surface area is 119 Å². The molecule has 0 aromatic rings. The number of carboxylic acid groups (broad SMARTS) is 1. The minimum atomic E-state index is -0.756. The number of likely N-dealkylation sites (tertiary alicyclic amines) is 1. The van der Waals surface area contributed by atoms with Crippen LogP contribution in [-0.4, -0.2) is 47.1 Å². The van der Waals surface area contributed by atoms with Crippen LogP contribution < -0.4 is 5.32 Å². The Hall–Kier alpha value is -1.10. The van der Waals surface area contributed by atoms with Crippen LogP contribution in [0.4, 0.5) is 0 Å². The fraction of sp³-hybridized carbons (Fsp3) is 0.867. The van der Waals surface area contributed by atoms with E-state index in [0.29, 0.717) is 31.6 Å².